The normalized spacial score (nSPS) is 8.59. The van der Waals surface area contributed by atoms with Crippen molar-refractivity contribution in [1.82, 2.24) is 0 Å². The van der Waals surface area contributed by atoms with Crippen molar-refractivity contribution in [3.63, 3.8) is 0 Å². The summed E-state index contributed by atoms with van der Waals surface area (Å²) in [6.07, 6.45) is 6.55. The minimum atomic E-state index is -0.682. The Morgan fingerprint density at radius 1 is 0.765 bits per heavy atom. The number of rotatable bonds is 8. The van der Waals surface area contributed by atoms with Gasteiger partial charge in [-0.3, -0.25) is 9.59 Å². The Morgan fingerprint density at radius 2 is 1.06 bits per heavy atom. The van der Waals surface area contributed by atoms with Gasteiger partial charge in [0.05, 0.1) is 0 Å². The molecule has 0 aliphatic heterocycles. The molecule has 0 radical (unpaired) electrons. The van der Waals surface area contributed by atoms with Crippen LogP contribution in [0, 0.1) is 0 Å². The van der Waals surface area contributed by atoms with Crippen LogP contribution >= 0.6 is 0 Å². The summed E-state index contributed by atoms with van der Waals surface area (Å²) in [5.41, 5.74) is 0. The van der Waals surface area contributed by atoms with Gasteiger partial charge in [-0.15, -0.1) is 0 Å². The Morgan fingerprint density at radius 3 is 1.24 bits per heavy atom. The molecule has 0 atom stereocenters. The Hall–Kier alpha value is -0.541. The van der Waals surface area contributed by atoms with Crippen LogP contribution in [0.4, 0.5) is 0 Å². The van der Waals surface area contributed by atoms with Crippen LogP contribution in [0.15, 0.2) is 0 Å². The smallest absolute Gasteiger partial charge is 0.303 e. The summed E-state index contributed by atoms with van der Waals surface area (Å²) in [6, 6.07) is 0. The van der Waals surface area contributed by atoms with E-state index >= 15 is 0 Å². The summed E-state index contributed by atoms with van der Waals surface area (Å²) in [7, 11) is 0. The maximum absolute atomic E-state index is 9.87. The Labute approximate surface area is 114 Å². The van der Waals surface area contributed by atoms with Gasteiger partial charge in [-0.1, -0.05) is 39.5 Å². The van der Waals surface area contributed by atoms with Crippen molar-refractivity contribution in [2.24, 2.45) is 0 Å². The summed E-state index contributed by atoms with van der Waals surface area (Å²) in [5, 5.41) is 16.3. The standard InChI is InChI=1S/2C6H12O2.Fe/c2*1-2-3-4-5-6(7)8;/h2*2-5H2,1H3,(H,7,8);. The fraction of sp³-hybridized carbons (Fsp3) is 0.833. The van der Waals surface area contributed by atoms with E-state index in [1.807, 2.05) is 0 Å². The van der Waals surface area contributed by atoms with Crippen LogP contribution in [0.2, 0.25) is 0 Å². The largest absolute Gasteiger partial charge is 0.481 e. The number of carboxylic acid groups (broad SMARTS) is 2. The van der Waals surface area contributed by atoms with E-state index in [0.717, 1.165) is 38.5 Å². The SMILES string of the molecule is CCCCCC(=O)O.CCCCCC(=O)O.[Fe]. The topological polar surface area (TPSA) is 74.6 Å². The number of carbonyl (C=O) groups is 2. The van der Waals surface area contributed by atoms with E-state index in [1.165, 1.54) is 0 Å². The summed E-state index contributed by atoms with van der Waals surface area (Å²) < 4.78 is 0. The molecule has 0 amide bonds. The number of carboxylic acids is 2. The molecule has 0 saturated heterocycles. The summed E-state index contributed by atoms with van der Waals surface area (Å²) in [6.45, 7) is 4.11. The molecule has 0 aliphatic carbocycles. The number of unbranched alkanes of at least 4 members (excludes halogenated alkanes) is 4. The second kappa shape index (κ2) is 17.8. The van der Waals surface area contributed by atoms with Gasteiger partial charge in [0.15, 0.2) is 0 Å². The zero-order chi connectivity index (χ0) is 12.8. The molecular formula is C12H24FeO4. The average molecular weight is 288 g/mol. The van der Waals surface area contributed by atoms with E-state index < -0.39 is 11.9 Å². The van der Waals surface area contributed by atoms with Crippen LogP contribution in [0.1, 0.15) is 65.2 Å². The zero-order valence-corrected chi connectivity index (χ0v) is 11.8. The van der Waals surface area contributed by atoms with E-state index in [4.69, 9.17) is 10.2 Å². The molecule has 104 valence electrons. The minimum absolute atomic E-state index is 0. The predicted octanol–water partition coefficient (Wildman–Crippen LogP) is 3.30. The molecule has 4 nitrogen and oxygen atoms in total. The van der Waals surface area contributed by atoms with Crippen LogP contribution in [-0.2, 0) is 26.7 Å². The molecule has 0 spiro atoms. The third-order valence-electron chi connectivity index (χ3n) is 1.99. The third kappa shape index (κ3) is 31.3. The second-order valence-electron chi connectivity index (χ2n) is 3.70. The van der Waals surface area contributed by atoms with Crippen LogP contribution in [0.5, 0.6) is 0 Å². The molecule has 0 unspecified atom stereocenters. The zero-order valence-electron chi connectivity index (χ0n) is 10.7. The number of aliphatic carboxylic acids is 2. The van der Waals surface area contributed by atoms with Gasteiger partial charge in [0.25, 0.3) is 0 Å². The van der Waals surface area contributed by atoms with Gasteiger partial charge >= 0.3 is 11.9 Å². The van der Waals surface area contributed by atoms with Gasteiger partial charge in [-0.2, -0.15) is 0 Å². The van der Waals surface area contributed by atoms with E-state index in [2.05, 4.69) is 13.8 Å². The van der Waals surface area contributed by atoms with Gasteiger partial charge in [0, 0.05) is 29.9 Å². The Kier molecular flexibility index (Phi) is 22.8. The monoisotopic (exact) mass is 288 g/mol. The van der Waals surface area contributed by atoms with Crippen LogP contribution in [-0.4, -0.2) is 22.2 Å². The van der Waals surface area contributed by atoms with E-state index in [9.17, 15) is 9.59 Å². The molecule has 0 aliphatic rings. The maximum Gasteiger partial charge on any atom is 0.303 e. The summed E-state index contributed by atoms with van der Waals surface area (Å²) >= 11 is 0. The maximum atomic E-state index is 9.87. The summed E-state index contributed by atoms with van der Waals surface area (Å²) in [5.74, 6) is -1.36. The molecule has 0 bridgehead atoms. The minimum Gasteiger partial charge on any atom is -0.481 e. The van der Waals surface area contributed by atoms with E-state index in [0.29, 0.717) is 12.8 Å². The fourth-order valence-electron chi connectivity index (χ4n) is 1.05. The molecular weight excluding hydrogens is 264 g/mol. The van der Waals surface area contributed by atoms with Crippen molar-refractivity contribution in [2.75, 3.05) is 0 Å². The Bertz CT molecular complexity index is 163. The van der Waals surface area contributed by atoms with Crippen LogP contribution < -0.4 is 0 Å². The van der Waals surface area contributed by atoms with Crippen molar-refractivity contribution in [3.8, 4) is 0 Å². The van der Waals surface area contributed by atoms with Gasteiger partial charge < -0.3 is 10.2 Å². The first-order valence-electron chi connectivity index (χ1n) is 5.98. The molecule has 5 heteroatoms. The van der Waals surface area contributed by atoms with Crippen molar-refractivity contribution in [1.29, 1.82) is 0 Å². The molecule has 2 N–H and O–H groups in total. The van der Waals surface area contributed by atoms with Crippen molar-refractivity contribution in [3.05, 3.63) is 0 Å². The van der Waals surface area contributed by atoms with Gasteiger partial charge in [-0.05, 0) is 12.8 Å². The quantitative estimate of drug-likeness (QED) is 0.531. The van der Waals surface area contributed by atoms with Crippen LogP contribution in [0.3, 0.4) is 0 Å². The molecule has 0 heterocycles. The first kappa shape index (κ1) is 21.7. The third-order valence-corrected chi connectivity index (χ3v) is 1.99. The molecule has 0 aromatic carbocycles. The molecule has 0 saturated carbocycles. The first-order valence-corrected chi connectivity index (χ1v) is 5.98. The van der Waals surface area contributed by atoms with E-state index in [1.54, 1.807) is 0 Å². The van der Waals surface area contributed by atoms with Gasteiger partial charge in [-0.25, -0.2) is 0 Å². The summed E-state index contributed by atoms with van der Waals surface area (Å²) in [4.78, 5) is 19.7. The van der Waals surface area contributed by atoms with Gasteiger partial charge in [0.2, 0.25) is 0 Å². The number of hydrogen-bond acceptors (Lipinski definition) is 2. The average Bonchev–Trinajstić information content (AvgIpc) is 2.18. The van der Waals surface area contributed by atoms with Crippen molar-refractivity contribution < 1.29 is 36.9 Å². The van der Waals surface area contributed by atoms with E-state index in [-0.39, 0.29) is 17.1 Å². The number of hydrogen-bond donors (Lipinski definition) is 2. The van der Waals surface area contributed by atoms with Crippen molar-refractivity contribution >= 4 is 11.9 Å². The van der Waals surface area contributed by atoms with Crippen LogP contribution in [0.25, 0.3) is 0 Å². The fourth-order valence-corrected chi connectivity index (χ4v) is 1.05. The van der Waals surface area contributed by atoms with Gasteiger partial charge in [0.1, 0.15) is 0 Å². The Balaban J connectivity index is -0.000000218. The molecule has 17 heavy (non-hydrogen) atoms. The molecule has 0 aromatic heterocycles. The molecule has 0 aromatic rings. The first-order chi connectivity index (χ1) is 7.54. The van der Waals surface area contributed by atoms with Crippen molar-refractivity contribution in [2.45, 2.75) is 65.2 Å². The molecule has 0 fully saturated rings. The second-order valence-corrected chi connectivity index (χ2v) is 3.70. The molecule has 0 rings (SSSR count). The predicted molar refractivity (Wildman–Crippen MR) is 63.6 cm³/mol.